The minimum atomic E-state index is -0.520. The van der Waals surface area contributed by atoms with Crippen LogP contribution in [-0.4, -0.2) is 16.5 Å². The maximum Gasteiger partial charge on any atom is 0.0736 e. The lowest BCUT2D eigenvalue weighted by molar-refractivity contribution is 0.0572. The summed E-state index contributed by atoms with van der Waals surface area (Å²) in [5.41, 5.74) is 1.04. The lowest BCUT2D eigenvalue weighted by Crippen LogP contribution is -2.29. The van der Waals surface area contributed by atoms with Crippen molar-refractivity contribution in [3.63, 3.8) is 0 Å². The summed E-state index contributed by atoms with van der Waals surface area (Å²) in [7, 11) is 0. The van der Waals surface area contributed by atoms with E-state index in [0.717, 1.165) is 18.6 Å². The Morgan fingerprint density at radius 1 is 1.00 bits per heavy atom. The van der Waals surface area contributed by atoms with Crippen molar-refractivity contribution in [1.29, 1.82) is 0 Å². The van der Waals surface area contributed by atoms with E-state index in [1.807, 2.05) is 13.8 Å². The van der Waals surface area contributed by atoms with Crippen molar-refractivity contribution >= 4 is 11.8 Å². The first-order chi connectivity index (χ1) is 8.30. The molecule has 18 heavy (non-hydrogen) atoms. The summed E-state index contributed by atoms with van der Waals surface area (Å²) in [6.45, 7) is 10.8. The molecule has 0 atom stereocenters. The Hall–Kier alpha value is -0.470. The van der Waals surface area contributed by atoms with Crippen LogP contribution in [0, 0.1) is 0 Å². The lowest BCUT2D eigenvalue weighted by Gasteiger charge is -2.24. The van der Waals surface area contributed by atoms with E-state index in [9.17, 15) is 5.11 Å². The molecule has 0 bridgehead atoms. The van der Waals surface area contributed by atoms with E-state index in [-0.39, 0.29) is 5.41 Å². The number of aliphatic hydroxyl groups is 1. The number of hydrogen-bond donors (Lipinski definition) is 1. The molecule has 102 valence electrons. The molecule has 0 unspecified atom stereocenters. The minimum absolute atomic E-state index is 0.205. The van der Waals surface area contributed by atoms with E-state index >= 15 is 0 Å². The minimum Gasteiger partial charge on any atom is -0.389 e. The maximum absolute atomic E-state index is 10.3. The molecule has 1 aromatic carbocycles. The van der Waals surface area contributed by atoms with Gasteiger partial charge in [-0.1, -0.05) is 46.8 Å². The topological polar surface area (TPSA) is 20.2 Å². The smallest absolute Gasteiger partial charge is 0.0736 e. The van der Waals surface area contributed by atoms with E-state index < -0.39 is 5.60 Å². The number of hydrogen-bond acceptors (Lipinski definition) is 2. The number of thioether (sulfide) groups is 1. The molecule has 0 radical (unpaired) electrons. The number of benzene rings is 1. The van der Waals surface area contributed by atoms with Gasteiger partial charge in [0.2, 0.25) is 0 Å². The Balaban J connectivity index is 2.65. The second kappa shape index (κ2) is 6.12. The fourth-order valence-corrected chi connectivity index (χ4v) is 2.90. The molecular formula is C16H26OS. The normalized spacial score (nSPS) is 12.8. The molecule has 0 saturated carbocycles. The van der Waals surface area contributed by atoms with E-state index in [1.54, 1.807) is 11.8 Å². The molecule has 0 aliphatic rings. The molecule has 0 saturated heterocycles. The van der Waals surface area contributed by atoms with Gasteiger partial charge in [-0.15, -0.1) is 11.8 Å². The zero-order chi connectivity index (χ0) is 13.8. The molecule has 0 aliphatic carbocycles. The van der Waals surface area contributed by atoms with Crippen molar-refractivity contribution in [3.05, 3.63) is 29.8 Å². The molecule has 0 heterocycles. The van der Waals surface area contributed by atoms with Crippen LogP contribution in [0.5, 0.6) is 0 Å². The van der Waals surface area contributed by atoms with E-state index in [4.69, 9.17) is 0 Å². The third-order valence-corrected chi connectivity index (χ3v) is 4.83. The van der Waals surface area contributed by atoms with Gasteiger partial charge in [0.15, 0.2) is 0 Å². The summed E-state index contributed by atoms with van der Waals surface area (Å²) in [4.78, 5) is 1.24. The van der Waals surface area contributed by atoms with Gasteiger partial charge in [0, 0.05) is 10.6 Å². The van der Waals surface area contributed by atoms with Crippen LogP contribution in [-0.2, 0) is 5.41 Å². The molecule has 0 spiro atoms. The molecule has 1 nitrogen and oxygen atoms in total. The Morgan fingerprint density at radius 3 is 1.89 bits per heavy atom. The van der Waals surface area contributed by atoms with Crippen LogP contribution in [0.1, 0.15) is 53.0 Å². The highest BCUT2D eigenvalue weighted by atomic mass is 32.2. The lowest BCUT2D eigenvalue weighted by atomic mass is 9.87. The Bertz CT molecular complexity index is 358. The van der Waals surface area contributed by atoms with Gasteiger partial charge >= 0.3 is 0 Å². The van der Waals surface area contributed by atoms with Crippen molar-refractivity contribution in [1.82, 2.24) is 0 Å². The molecule has 1 rings (SSSR count). The van der Waals surface area contributed by atoms with Gasteiger partial charge in [-0.25, -0.2) is 0 Å². The number of rotatable bonds is 5. The van der Waals surface area contributed by atoms with Gasteiger partial charge in [0.05, 0.1) is 5.60 Å². The summed E-state index contributed by atoms with van der Waals surface area (Å²) in [5, 5.41) is 10.3. The quantitative estimate of drug-likeness (QED) is 0.784. The van der Waals surface area contributed by atoms with Crippen LogP contribution in [0.2, 0.25) is 0 Å². The molecular weight excluding hydrogens is 240 g/mol. The van der Waals surface area contributed by atoms with Crippen LogP contribution < -0.4 is 0 Å². The monoisotopic (exact) mass is 266 g/mol. The Morgan fingerprint density at radius 2 is 1.50 bits per heavy atom. The van der Waals surface area contributed by atoms with E-state index in [2.05, 4.69) is 45.0 Å². The van der Waals surface area contributed by atoms with Gasteiger partial charge in [0.1, 0.15) is 0 Å². The summed E-state index contributed by atoms with van der Waals surface area (Å²) in [6, 6.07) is 8.71. The molecule has 0 aromatic heterocycles. The highest BCUT2D eigenvalue weighted by Crippen LogP contribution is 2.29. The van der Waals surface area contributed by atoms with Gasteiger partial charge in [-0.2, -0.15) is 0 Å². The van der Waals surface area contributed by atoms with Crippen LogP contribution in [0.4, 0.5) is 0 Å². The highest BCUT2D eigenvalue weighted by Gasteiger charge is 2.22. The molecule has 2 heteroatoms. The second-order valence-electron chi connectivity index (χ2n) is 5.99. The van der Waals surface area contributed by atoms with Gasteiger partial charge in [0.25, 0.3) is 0 Å². The average molecular weight is 266 g/mol. The standard InChI is InChI=1S/C16H26OS/c1-6-16(17,7-2)12-18-14-10-8-13(9-11-14)15(3,4)5/h8-11,17H,6-7,12H2,1-5H3. The maximum atomic E-state index is 10.3. The van der Waals surface area contributed by atoms with Crippen molar-refractivity contribution in [2.75, 3.05) is 5.75 Å². The molecule has 0 aliphatic heterocycles. The van der Waals surface area contributed by atoms with Crippen molar-refractivity contribution < 1.29 is 5.11 Å². The summed E-state index contributed by atoms with van der Waals surface area (Å²) < 4.78 is 0. The molecule has 0 amide bonds. The fraction of sp³-hybridized carbons (Fsp3) is 0.625. The fourth-order valence-electron chi connectivity index (χ4n) is 1.72. The predicted molar refractivity (Wildman–Crippen MR) is 81.4 cm³/mol. The zero-order valence-corrected chi connectivity index (χ0v) is 13.1. The van der Waals surface area contributed by atoms with Crippen molar-refractivity contribution in [3.8, 4) is 0 Å². The first-order valence-corrected chi connectivity index (χ1v) is 7.75. The van der Waals surface area contributed by atoms with Crippen LogP contribution in [0.15, 0.2) is 29.2 Å². The summed E-state index contributed by atoms with van der Waals surface area (Å²) in [6.07, 6.45) is 1.63. The van der Waals surface area contributed by atoms with Crippen LogP contribution >= 0.6 is 11.8 Å². The molecule has 1 N–H and O–H groups in total. The SMILES string of the molecule is CCC(O)(CC)CSc1ccc(C(C)(C)C)cc1. The Kier molecular flexibility index (Phi) is 5.30. The predicted octanol–water partition coefficient (Wildman–Crippen LogP) is 4.63. The molecule has 0 fully saturated rings. The van der Waals surface area contributed by atoms with Gasteiger partial charge in [-0.05, 0) is 36.0 Å². The summed E-state index contributed by atoms with van der Waals surface area (Å²) >= 11 is 1.75. The van der Waals surface area contributed by atoms with Crippen LogP contribution in [0.3, 0.4) is 0 Å². The van der Waals surface area contributed by atoms with Gasteiger partial charge < -0.3 is 5.11 Å². The van der Waals surface area contributed by atoms with E-state index in [0.29, 0.717) is 0 Å². The first-order valence-electron chi connectivity index (χ1n) is 6.76. The van der Waals surface area contributed by atoms with Crippen molar-refractivity contribution in [2.24, 2.45) is 0 Å². The first kappa shape index (κ1) is 15.6. The summed E-state index contributed by atoms with van der Waals surface area (Å²) in [5.74, 6) is 0.773. The zero-order valence-electron chi connectivity index (χ0n) is 12.3. The molecule has 1 aromatic rings. The third kappa shape index (κ3) is 4.33. The van der Waals surface area contributed by atoms with Crippen molar-refractivity contribution in [2.45, 2.75) is 63.4 Å². The Labute approximate surface area is 116 Å². The largest absolute Gasteiger partial charge is 0.389 e. The highest BCUT2D eigenvalue weighted by molar-refractivity contribution is 7.99. The average Bonchev–Trinajstić information content (AvgIpc) is 2.35. The van der Waals surface area contributed by atoms with Gasteiger partial charge in [-0.3, -0.25) is 0 Å². The van der Waals surface area contributed by atoms with Crippen LogP contribution in [0.25, 0.3) is 0 Å². The van der Waals surface area contributed by atoms with E-state index in [1.165, 1.54) is 10.5 Å². The third-order valence-electron chi connectivity index (χ3n) is 3.54. The second-order valence-corrected chi connectivity index (χ2v) is 7.04.